The van der Waals surface area contributed by atoms with Crippen molar-refractivity contribution in [3.63, 3.8) is 0 Å². The van der Waals surface area contributed by atoms with E-state index in [1.165, 1.54) is 0 Å². The molecular weight excluding hydrogens is 392 g/mol. The van der Waals surface area contributed by atoms with Gasteiger partial charge in [0.05, 0.1) is 30.2 Å². The van der Waals surface area contributed by atoms with Gasteiger partial charge in [0.2, 0.25) is 0 Å². The van der Waals surface area contributed by atoms with Crippen molar-refractivity contribution in [2.24, 2.45) is 16.1 Å². The quantitative estimate of drug-likeness (QED) is 0.219. The number of ether oxygens (including phenoxy) is 3. The summed E-state index contributed by atoms with van der Waals surface area (Å²) in [6, 6.07) is 21.1. The highest BCUT2D eigenvalue weighted by Crippen LogP contribution is 2.24. The van der Waals surface area contributed by atoms with Crippen molar-refractivity contribution in [2.75, 3.05) is 13.2 Å². The molecule has 0 atom stereocenters. The second-order valence-corrected chi connectivity index (χ2v) is 7.24. The Hall–Kier alpha value is -3.67. The molecule has 0 N–H and O–H groups in total. The van der Waals surface area contributed by atoms with E-state index in [-0.39, 0.29) is 0 Å². The fourth-order valence-corrected chi connectivity index (χ4v) is 2.59. The molecule has 160 valence electrons. The van der Waals surface area contributed by atoms with Crippen molar-refractivity contribution >= 4 is 17.3 Å². The van der Waals surface area contributed by atoms with Gasteiger partial charge in [-0.3, -0.25) is 0 Å². The molecule has 3 aromatic carbocycles. The molecule has 0 aliphatic heterocycles. The molecule has 0 saturated heterocycles. The summed E-state index contributed by atoms with van der Waals surface area (Å²) in [5.74, 6) is 2.00. The fourth-order valence-electron chi connectivity index (χ4n) is 2.59. The number of esters is 1. The molecule has 0 fully saturated rings. The summed E-state index contributed by atoms with van der Waals surface area (Å²) in [7, 11) is 0. The second-order valence-electron chi connectivity index (χ2n) is 7.24. The summed E-state index contributed by atoms with van der Waals surface area (Å²) >= 11 is 0. The standard InChI is InChI=1S/C25H26N2O4/c1-4-29-22-11-5-19(6-12-22)25(28)31-24-15-9-21(10-16-24)27-26-20-7-13-23(14-8-20)30-17-18(2)3/h5-16,18H,4,17H2,1-3H3. The van der Waals surface area contributed by atoms with E-state index in [0.29, 0.717) is 41.9 Å². The number of carbonyl (C=O) groups excluding carboxylic acids is 1. The van der Waals surface area contributed by atoms with E-state index >= 15 is 0 Å². The van der Waals surface area contributed by atoms with Gasteiger partial charge in [0.1, 0.15) is 17.2 Å². The van der Waals surface area contributed by atoms with Crippen molar-refractivity contribution in [1.82, 2.24) is 0 Å². The van der Waals surface area contributed by atoms with Crippen LogP contribution in [0.4, 0.5) is 11.4 Å². The van der Waals surface area contributed by atoms with Crippen LogP contribution in [0.5, 0.6) is 17.2 Å². The van der Waals surface area contributed by atoms with Gasteiger partial charge < -0.3 is 14.2 Å². The van der Waals surface area contributed by atoms with E-state index in [2.05, 4.69) is 24.1 Å². The van der Waals surface area contributed by atoms with Crippen LogP contribution in [0.25, 0.3) is 0 Å². The molecule has 3 rings (SSSR count). The fraction of sp³-hybridized carbons (Fsp3) is 0.240. The Labute approximate surface area is 182 Å². The predicted octanol–water partition coefficient (Wildman–Crippen LogP) is 6.75. The van der Waals surface area contributed by atoms with Crippen LogP contribution in [0, 0.1) is 5.92 Å². The molecule has 0 radical (unpaired) electrons. The molecule has 0 aliphatic carbocycles. The van der Waals surface area contributed by atoms with Crippen molar-refractivity contribution in [1.29, 1.82) is 0 Å². The average Bonchev–Trinajstić information content (AvgIpc) is 2.78. The maximum absolute atomic E-state index is 12.3. The molecule has 31 heavy (non-hydrogen) atoms. The Morgan fingerprint density at radius 3 is 1.74 bits per heavy atom. The van der Waals surface area contributed by atoms with Crippen LogP contribution in [-0.2, 0) is 0 Å². The Morgan fingerprint density at radius 1 is 0.742 bits per heavy atom. The van der Waals surface area contributed by atoms with Crippen molar-refractivity contribution in [3.8, 4) is 17.2 Å². The monoisotopic (exact) mass is 418 g/mol. The van der Waals surface area contributed by atoms with Gasteiger partial charge in [-0.25, -0.2) is 4.79 Å². The molecular formula is C25H26N2O4. The van der Waals surface area contributed by atoms with Crippen LogP contribution >= 0.6 is 0 Å². The van der Waals surface area contributed by atoms with E-state index in [1.54, 1.807) is 48.5 Å². The third kappa shape index (κ3) is 6.96. The highest BCUT2D eigenvalue weighted by Gasteiger charge is 2.09. The Morgan fingerprint density at radius 2 is 1.23 bits per heavy atom. The highest BCUT2D eigenvalue weighted by atomic mass is 16.5. The maximum atomic E-state index is 12.3. The minimum absolute atomic E-state index is 0.433. The van der Waals surface area contributed by atoms with Gasteiger partial charge in [0, 0.05) is 0 Å². The molecule has 6 nitrogen and oxygen atoms in total. The van der Waals surface area contributed by atoms with E-state index in [9.17, 15) is 4.79 Å². The van der Waals surface area contributed by atoms with Gasteiger partial charge in [0.25, 0.3) is 0 Å². The van der Waals surface area contributed by atoms with Gasteiger partial charge in [0.15, 0.2) is 0 Å². The normalized spacial score (nSPS) is 11.0. The lowest BCUT2D eigenvalue weighted by molar-refractivity contribution is 0.0734. The Bertz CT molecular complexity index is 995. The van der Waals surface area contributed by atoms with Gasteiger partial charge in [-0.1, -0.05) is 13.8 Å². The van der Waals surface area contributed by atoms with Gasteiger partial charge in [-0.05, 0) is 85.6 Å². The summed E-state index contributed by atoms with van der Waals surface area (Å²) in [5.41, 5.74) is 1.83. The first-order valence-electron chi connectivity index (χ1n) is 10.2. The smallest absolute Gasteiger partial charge is 0.343 e. The van der Waals surface area contributed by atoms with Gasteiger partial charge >= 0.3 is 5.97 Å². The number of rotatable bonds is 9. The van der Waals surface area contributed by atoms with Crippen LogP contribution < -0.4 is 14.2 Å². The lowest BCUT2D eigenvalue weighted by Gasteiger charge is -2.08. The van der Waals surface area contributed by atoms with E-state index in [1.807, 2.05) is 31.2 Å². The minimum Gasteiger partial charge on any atom is -0.494 e. The van der Waals surface area contributed by atoms with E-state index in [4.69, 9.17) is 14.2 Å². The topological polar surface area (TPSA) is 69.5 Å². The first kappa shape index (κ1) is 22.0. The van der Waals surface area contributed by atoms with Crippen molar-refractivity contribution in [3.05, 3.63) is 78.4 Å². The zero-order chi connectivity index (χ0) is 22.1. The second kappa shape index (κ2) is 10.9. The number of carbonyl (C=O) groups is 1. The van der Waals surface area contributed by atoms with Crippen LogP contribution in [0.1, 0.15) is 31.1 Å². The average molecular weight is 418 g/mol. The zero-order valence-electron chi connectivity index (χ0n) is 17.9. The molecule has 6 heteroatoms. The largest absolute Gasteiger partial charge is 0.494 e. The van der Waals surface area contributed by atoms with E-state index < -0.39 is 5.97 Å². The van der Waals surface area contributed by atoms with Crippen molar-refractivity contribution < 1.29 is 19.0 Å². The molecule has 0 aliphatic rings. The predicted molar refractivity (Wildman–Crippen MR) is 120 cm³/mol. The van der Waals surface area contributed by atoms with Crippen LogP contribution in [-0.4, -0.2) is 19.2 Å². The highest BCUT2D eigenvalue weighted by molar-refractivity contribution is 5.91. The molecule has 0 unspecified atom stereocenters. The van der Waals surface area contributed by atoms with E-state index in [0.717, 1.165) is 11.4 Å². The molecule has 0 heterocycles. The van der Waals surface area contributed by atoms with Gasteiger partial charge in [-0.15, -0.1) is 0 Å². The third-order valence-corrected chi connectivity index (χ3v) is 4.15. The first-order chi connectivity index (χ1) is 15.0. The summed E-state index contributed by atoms with van der Waals surface area (Å²) in [6.07, 6.45) is 0. The number of benzene rings is 3. The van der Waals surface area contributed by atoms with Crippen LogP contribution in [0.15, 0.2) is 83.0 Å². The molecule has 0 spiro atoms. The molecule has 3 aromatic rings. The third-order valence-electron chi connectivity index (χ3n) is 4.15. The summed E-state index contributed by atoms with van der Waals surface area (Å²) < 4.78 is 16.4. The molecule has 0 aromatic heterocycles. The Balaban J connectivity index is 1.55. The van der Waals surface area contributed by atoms with Crippen molar-refractivity contribution in [2.45, 2.75) is 20.8 Å². The Kier molecular flexibility index (Phi) is 7.76. The minimum atomic E-state index is -0.433. The lowest BCUT2D eigenvalue weighted by atomic mass is 10.2. The first-order valence-corrected chi connectivity index (χ1v) is 10.2. The number of azo groups is 1. The summed E-state index contributed by atoms with van der Waals surface area (Å²) in [6.45, 7) is 7.37. The number of hydrogen-bond donors (Lipinski definition) is 0. The number of hydrogen-bond acceptors (Lipinski definition) is 6. The summed E-state index contributed by atoms with van der Waals surface area (Å²) in [5, 5.41) is 8.44. The summed E-state index contributed by atoms with van der Waals surface area (Å²) in [4.78, 5) is 12.3. The lowest BCUT2D eigenvalue weighted by Crippen LogP contribution is -2.08. The molecule has 0 bridgehead atoms. The zero-order valence-corrected chi connectivity index (χ0v) is 17.9. The van der Waals surface area contributed by atoms with Crippen LogP contribution in [0.3, 0.4) is 0 Å². The molecule has 0 amide bonds. The maximum Gasteiger partial charge on any atom is 0.343 e. The SMILES string of the molecule is CCOc1ccc(C(=O)Oc2ccc(N=Nc3ccc(OCC(C)C)cc3)cc2)cc1. The van der Waals surface area contributed by atoms with Crippen LogP contribution in [0.2, 0.25) is 0 Å². The van der Waals surface area contributed by atoms with Gasteiger partial charge in [-0.2, -0.15) is 10.2 Å². The molecule has 0 saturated carbocycles. The number of nitrogens with zero attached hydrogens (tertiary/aromatic N) is 2.